The number of carboxylic acid groups (broad SMARTS) is 1. The van der Waals surface area contributed by atoms with E-state index in [1.165, 1.54) is 36.6 Å². The molecule has 0 bridgehead atoms. The topological polar surface area (TPSA) is 124 Å². The van der Waals surface area contributed by atoms with E-state index in [1.54, 1.807) is 11.1 Å². The summed E-state index contributed by atoms with van der Waals surface area (Å²) in [5.41, 5.74) is 0.536. The number of carboxylic acids is 1. The van der Waals surface area contributed by atoms with Crippen LogP contribution in [0.5, 0.6) is 0 Å². The molecule has 3 atom stereocenters. The Morgan fingerprint density at radius 2 is 2.04 bits per heavy atom. The van der Waals surface area contributed by atoms with E-state index in [2.05, 4.69) is 15.2 Å². The third kappa shape index (κ3) is 6.50. The van der Waals surface area contributed by atoms with Crippen molar-refractivity contribution in [3.63, 3.8) is 0 Å². The summed E-state index contributed by atoms with van der Waals surface area (Å²) in [5, 5.41) is 15.9. The number of likely N-dealkylation sites (tertiary alicyclic amines) is 2. The van der Waals surface area contributed by atoms with E-state index >= 15 is 0 Å². The molecule has 45 heavy (non-hydrogen) atoms. The van der Waals surface area contributed by atoms with Crippen LogP contribution in [0.4, 0.5) is 4.39 Å². The molecule has 240 valence electrons. The van der Waals surface area contributed by atoms with Crippen molar-refractivity contribution in [2.24, 2.45) is 22.2 Å². The van der Waals surface area contributed by atoms with Gasteiger partial charge in [-0.3, -0.25) is 19.5 Å². The molecule has 10 nitrogen and oxygen atoms in total. The quantitative estimate of drug-likeness (QED) is 0.393. The first-order chi connectivity index (χ1) is 21.7. The first kappa shape index (κ1) is 31.6. The fraction of sp³-hybridized carbons (Fsp3) is 0.531. The van der Waals surface area contributed by atoms with Crippen molar-refractivity contribution in [3.8, 4) is 0 Å². The van der Waals surface area contributed by atoms with Gasteiger partial charge in [-0.2, -0.15) is 0 Å². The summed E-state index contributed by atoms with van der Waals surface area (Å²) < 4.78 is 19.3. The minimum absolute atomic E-state index is 0.0452. The fourth-order valence-corrected chi connectivity index (χ4v) is 8.02. The molecule has 3 unspecified atom stereocenters. The zero-order chi connectivity index (χ0) is 31.7. The minimum atomic E-state index is -0.847. The van der Waals surface area contributed by atoms with Crippen LogP contribution in [-0.4, -0.2) is 83.4 Å². The van der Waals surface area contributed by atoms with E-state index in [-0.39, 0.29) is 29.3 Å². The fourth-order valence-electron chi connectivity index (χ4n) is 7.16. The Hall–Kier alpha value is -3.35. The van der Waals surface area contributed by atoms with Gasteiger partial charge in [0.25, 0.3) is 0 Å². The Morgan fingerprint density at radius 1 is 1.22 bits per heavy atom. The number of hydrogen-bond acceptors (Lipinski definition) is 9. The van der Waals surface area contributed by atoms with E-state index in [4.69, 9.17) is 21.3 Å². The molecule has 1 aromatic carbocycles. The number of aromatic nitrogens is 1. The number of thiazole rings is 1. The molecule has 2 aromatic rings. The first-order valence-electron chi connectivity index (χ1n) is 15.4. The summed E-state index contributed by atoms with van der Waals surface area (Å²) in [4.78, 5) is 52.0. The first-order valence-corrected chi connectivity index (χ1v) is 16.7. The van der Waals surface area contributed by atoms with Crippen LogP contribution in [0.1, 0.15) is 61.6 Å². The van der Waals surface area contributed by atoms with Gasteiger partial charge in [0.05, 0.1) is 18.1 Å². The number of esters is 1. The zero-order valence-corrected chi connectivity index (χ0v) is 26.7. The van der Waals surface area contributed by atoms with E-state index in [0.717, 1.165) is 32.2 Å². The largest absolute Gasteiger partial charge is 0.481 e. The number of nitrogens with one attached hydrogen (secondary N) is 1. The number of aliphatic imine (C=N–C) groups is 1. The SMILES string of the molecule is COC(=O)C1=C(CN2CCCCC3CC(=O)N(CC4(C(=O)O)CCC4)CC3C2)NC(c2nccs2)=NC1c1ccc(F)cc1Cl. The number of halogens is 2. The van der Waals surface area contributed by atoms with Gasteiger partial charge in [-0.05, 0) is 56.2 Å². The Morgan fingerprint density at radius 3 is 2.71 bits per heavy atom. The summed E-state index contributed by atoms with van der Waals surface area (Å²) in [7, 11) is 1.32. The lowest BCUT2D eigenvalue weighted by Crippen LogP contribution is -2.55. The van der Waals surface area contributed by atoms with Gasteiger partial charge in [0.15, 0.2) is 10.8 Å². The van der Waals surface area contributed by atoms with Crippen LogP contribution in [0.3, 0.4) is 0 Å². The number of piperidine rings is 1. The Balaban J connectivity index is 1.30. The maximum absolute atomic E-state index is 14.0. The number of amidine groups is 1. The average Bonchev–Trinajstić information content (AvgIpc) is 3.52. The minimum Gasteiger partial charge on any atom is -0.481 e. The highest BCUT2D eigenvalue weighted by atomic mass is 35.5. The summed E-state index contributed by atoms with van der Waals surface area (Å²) in [6.45, 7) is 2.62. The van der Waals surface area contributed by atoms with E-state index in [1.807, 2.05) is 5.38 Å². The number of methoxy groups -OCH3 is 1. The summed E-state index contributed by atoms with van der Waals surface area (Å²) in [6.07, 6.45) is 7.04. The second-order valence-electron chi connectivity index (χ2n) is 12.6. The lowest BCUT2D eigenvalue weighted by molar-refractivity contribution is -0.159. The van der Waals surface area contributed by atoms with E-state index in [9.17, 15) is 23.9 Å². The van der Waals surface area contributed by atoms with Crippen LogP contribution < -0.4 is 5.32 Å². The van der Waals surface area contributed by atoms with Gasteiger partial charge in [-0.15, -0.1) is 11.3 Å². The highest BCUT2D eigenvalue weighted by molar-refractivity contribution is 7.11. The molecule has 1 aromatic heterocycles. The molecule has 4 heterocycles. The van der Waals surface area contributed by atoms with Crippen molar-refractivity contribution in [2.45, 2.75) is 51.0 Å². The monoisotopic (exact) mass is 657 g/mol. The van der Waals surface area contributed by atoms with Crippen LogP contribution in [0.25, 0.3) is 0 Å². The van der Waals surface area contributed by atoms with Crippen molar-refractivity contribution in [1.82, 2.24) is 20.1 Å². The number of nitrogens with zero attached hydrogens (tertiary/aromatic N) is 4. The zero-order valence-electron chi connectivity index (χ0n) is 25.1. The van der Waals surface area contributed by atoms with Gasteiger partial charge in [0.1, 0.15) is 11.9 Å². The van der Waals surface area contributed by atoms with Gasteiger partial charge in [0.2, 0.25) is 5.91 Å². The van der Waals surface area contributed by atoms with Gasteiger partial charge in [-0.1, -0.05) is 30.5 Å². The molecule has 1 aliphatic carbocycles. The van der Waals surface area contributed by atoms with Crippen molar-refractivity contribution in [2.75, 3.05) is 39.8 Å². The van der Waals surface area contributed by atoms with Gasteiger partial charge in [0, 0.05) is 60.5 Å². The number of rotatable bonds is 8. The second-order valence-corrected chi connectivity index (χ2v) is 13.9. The molecule has 13 heteroatoms. The summed E-state index contributed by atoms with van der Waals surface area (Å²) in [6, 6.07) is 3.19. The number of hydrogen-bond donors (Lipinski definition) is 2. The lowest BCUT2D eigenvalue weighted by atomic mass is 9.68. The van der Waals surface area contributed by atoms with Crippen molar-refractivity contribution < 1.29 is 28.6 Å². The average molecular weight is 658 g/mol. The molecule has 2 saturated heterocycles. The van der Waals surface area contributed by atoms with Crippen molar-refractivity contribution in [3.05, 3.63) is 62.5 Å². The van der Waals surface area contributed by atoms with Crippen molar-refractivity contribution in [1.29, 1.82) is 0 Å². The molecule has 1 saturated carbocycles. The molecule has 2 N–H and O–H groups in total. The molecule has 0 spiro atoms. The number of aliphatic carboxylic acids is 1. The second kappa shape index (κ2) is 13.2. The Kier molecular flexibility index (Phi) is 9.26. The van der Waals surface area contributed by atoms with Crippen LogP contribution >= 0.6 is 22.9 Å². The van der Waals surface area contributed by atoms with E-state index < -0.39 is 29.2 Å². The molecule has 3 fully saturated rings. The molecular formula is C32H37ClFN5O5S. The predicted molar refractivity (Wildman–Crippen MR) is 167 cm³/mol. The highest BCUT2D eigenvalue weighted by Gasteiger charge is 2.48. The van der Waals surface area contributed by atoms with Crippen molar-refractivity contribution >= 4 is 46.6 Å². The number of benzene rings is 1. The summed E-state index contributed by atoms with van der Waals surface area (Å²) >= 11 is 7.92. The number of fused-ring (bicyclic) bond motifs is 1. The molecule has 0 radical (unpaired) electrons. The van der Waals surface area contributed by atoms with Crippen LogP contribution in [0, 0.1) is 23.1 Å². The predicted octanol–water partition coefficient (Wildman–Crippen LogP) is 4.66. The van der Waals surface area contributed by atoms with Gasteiger partial charge < -0.3 is 20.1 Å². The van der Waals surface area contributed by atoms with Gasteiger partial charge >= 0.3 is 11.9 Å². The number of amides is 1. The molecule has 3 aliphatic heterocycles. The Bertz CT molecular complexity index is 1530. The smallest absolute Gasteiger partial charge is 0.338 e. The lowest BCUT2D eigenvalue weighted by Gasteiger charge is -2.47. The molecule has 4 aliphatic rings. The number of carbonyl (C=O) groups is 3. The van der Waals surface area contributed by atoms with Gasteiger partial charge in [-0.25, -0.2) is 14.2 Å². The van der Waals surface area contributed by atoms with Crippen LogP contribution in [0.2, 0.25) is 5.02 Å². The maximum Gasteiger partial charge on any atom is 0.338 e. The number of carbonyl (C=O) groups excluding carboxylic acids is 2. The highest BCUT2D eigenvalue weighted by Crippen LogP contribution is 2.43. The Labute approximate surface area is 270 Å². The normalized spacial score (nSPS) is 25.3. The van der Waals surface area contributed by atoms with E-state index in [0.29, 0.717) is 66.6 Å². The van der Waals surface area contributed by atoms with Crippen LogP contribution in [0.15, 0.2) is 46.0 Å². The molecule has 1 amide bonds. The van der Waals surface area contributed by atoms with Crippen LogP contribution in [-0.2, 0) is 19.1 Å². The molecule has 6 rings (SSSR count). The summed E-state index contributed by atoms with van der Waals surface area (Å²) in [5.74, 6) is -0.974. The third-order valence-electron chi connectivity index (χ3n) is 9.77. The molecular weight excluding hydrogens is 621 g/mol. The standard InChI is InChI=1S/C32H37ClFN5O5S/c1-44-30(41)26-24(36-28(29-35-10-12-45-29)37-27(26)22-7-6-21(34)14-23(22)33)17-38-11-3-2-5-19-13-25(40)39(16-20(19)15-38)18-32(31(42)43)8-4-9-32/h6-7,10,12,14,19-20,27H,2-5,8-9,11,13,15-18H2,1H3,(H,36,37)(H,42,43). The third-order valence-corrected chi connectivity index (χ3v) is 10.9. The maximum atomic E-state index is 14.0. The number of ether oxygens (including phenoxy) is 1.